The second-order valence-electron chi connectivity index (χ2n) is 6.94. The van der Waals surface area contributed by atoms with Crippen LogP contribution in [0.4, 0.5) is 4.39 Å². The molecule has 1 N–H and O–H groups in total. The van der Waals surface area contributed by atoms with Crippen molar-refractivity contribution in [3.05, 3.63) is 66.0 Å². The van der Waals surface area contributed by atoms with Crippen molar-refractivity contribution in [2.75, 3.05) is 20.1 Å². The van der Waals surface area contributed by atoms with Crippen LogP contribution in [0.25, 0.3) is 22.2 Å². The fraction of sp³-hybridized carbons (Fsp3) is 0.273. The predicted molar refractivity (Wildman–Crippen MR) is 105 cm³/mol. The van der Waals surface area contributed by atoms with Gasteiger partial charge in [-0.2, -0.15) is 0 Å². The first-order chi connectivity index (χ1) is 13.2. The molecular formula is C22H22FN3O. The van der Waals surface area contributed by atoms with Crippen molar-refractivity contribution in [1.82, 2.24) is 15.2 Å². The van der Waals surface area contributed by atoms with Gasteiger partial charge in [-0.25, -0.2) is 9.37 Å². The third-order valence-corrected chi connectivity index (χ3v) is 5.26. The summed E-state index contributed by atoms with van der Waals surface area (Å²) < 4.78 is 13.8. The van der Waals surface area contributed by atoms with Crippen molar-refractivity contribution in [3.63, 3.8) is 0 Å². The Kier molecular flexibility index (Phi) is 4.86. The molecule has 0 bridgehead atoms. The van der Waals surface area contributed by atoms with Crippen LogP contribution in [0.15, 0.2) is 54.6 Å². The summed E-state index contributed by atoms with van der Waals surface area (Å²) in [4.78, 5) is 19.7. The second-order valence-corrected chi connectivity index (χ2v) is 6.94. The number of aromatic nitrogens is 1. The Morgan fingerprint density at radius 1 is 1.11 bits per heavy atom. The fourth-order valence-electron chi connectivity index (χ4n) is 3.68. The SMILES string of the molecule is CNC1CCN(C(=O)c2cc(-c3ccccc3)nc3cc(F)ccc23)CC1. The number of nitrogens with one attached hydrogen (secondary N) is 1. The van der Waals surface area contributed by atoms with Crippen molar-refractivity contribution in [2.24, 2.45) is 0 Å². The monoisotopic (exact) mass is 363 g/mol. The number of carbonyl (C=O) groups excluding carboxylic acids is 1. The van der Waals surface area contributed by atoms with Gasteiger partial charge in [0, 0.05) is 36.1 Å². The van der Waals surface area contributed by atoms with Crippen LogP contribution in [-0.4, -0.2) is 42.0 Å². The third kappa shape index (κ3) is 3.55. The number of hydrogen-bond acceptors (Lipinski definition) is 3. The van der Waals surface area contributed by atoms with Crippen LogP contribution in [0.5, 0.6) is 0 Å². The highest BCUT2D eigenvalue weighted by Crippen LogP contribution is 2.27. The van der Waals surface area contributed by atoms with Gasteiger partial charge in [-0.3, -0.25) is 4.79 Å². The number of rotatable bonds is 3. The van der Waals surface area contributed by atoms with E-state index in [1.807, 2.05) is 48.3 Å². The van der Waals surface area contributed by atoms with Crippen LogP contribution < -0.4 is 5.32 Å². The zero-order valence-electron chi connectivity index (χ0n) is 15.3. The first-order valence-electron chi connectivity index (χ1n) is 9.28. The van der Waals surface area contributed by atoms with Gasteiger partial charge >= 0.3 is 0 Å². The van der Waals surface area contributed by atoms with Gasteiger partial charge in [-0.15, -0.1) is 0 Å². The highest BCUT2D eigenvalue weighted by molar-refractivity contribution is 6.07. The van der Waals surface area contributed by atoms with E-state index in [1.54, 1.807) is 6.07 Å². The van der Waals surface area contributed by atoms with Crippen LogP contribution in [0.3, 0.4) is 0 Å². The molecule has 4 nitrogen and oxygen atoms in total. The summed E-state index contributed by atoms with van der Waals surface area (Å²) in [5.41, 5.74) is 2.68. The normalized spacial score (nSPS) is 15.3. The predicted octanol–water partition coefficient (Wildman–Crippen LogP) is 3.86. The molecule has 2 aromatic carbocycles. The lowest BCUT2D eigenvalue weighted by Crippen LogP contribution is -2.44. The molecule has 1 fully saturated rings. The van der Waals surface area contributed by atoms with E-state index in [9.17, 15) is 9.18 Å². The maximum atomic E-state index is 13.8. The number of benzene rings is 2. The van der Waals surface area contributed by atoms with Crippen LogP contribution in [0, 0.1) is 5.82 Å². The summed E-state index contributed by atoms with van der Waals surface area (Å²) >= 11 is 0. The molecule has 0 saturated carbocycles. The average molecular weight is 363 g/mol. The zero-order chi connectivity index (χ0) is 18.8. The first kappa shape index (κ1) is 17.6. The second kappa shape index (κ2) is 7.45. The lowest BCUT2D eigenvalue weighted by atomic mass is 10.0. The molecule has 0 atom stereocenters. The summed E-state index contributed by atoms with van der Waals surface area (Å²) in [5, 5.41) is 3.97. The molecule has 0 radical (unpaired) electrons. The number of halogens is 1. The molecule has 27 heavy (non-hydrogen) atoms. The minimum atomic E-state index is -0.353. The van der Waals surface area contributed by atoms with Gasteiger partial charge in [0.2, 0.25) is 0 Å². The Morgan fingerprint density at radius 2 is 1.85 bits per heavy atom. The molecule has 1 aliphatic rings. The van der Waals surface area contributed by atoms with Crippen molar-refractivity contribution >= 4 is 16.8 Å². The standard InChI is InChI=1S/C22H22FN3O/c1-24-17-9-11-26(12-10-17)22(27)19-14-20(15-5-3-2-4-6-15)25-21-13-16(23)7-8-18(19)21/h2-8,13-14,17,24H,9-12H2,1H3. The number of likely N-dealkylation sites (tertiary alicyclic amines) is 1. The van der Waals surface area contributed by atoms with Crippen molar-refractivity contribution < 1.29 is 9.18 Å². The molecule has 3 aromatic rings. The van der Waals surface area contributed by atoms with E-state index < -0.39 is 0 Å². The first-order valence-corrected chi connectivity index (χ1v) is 9.28. The number of amides is 1. The van der Waals surface area contributed by atoms with Gasteiger partial charge in [-0.1, -0.05) is 30.3 Å². The molecule has 5 heteroatoms. The molecule has 1 aromatic heterocycles. The van der Waals surface area contributed by atoms with E-state index >= 15 is 0 Å². The van der Waals surface area contributed by atoms with Crippen molar-refractivity contribution in [1.29, 1.82) is 0 Å². The van der Waals surface area contributed by atoms with Crippen LogP contribution in [0.2, 0.25) is 0 Å². The lowest BCUT2D eigenvalue weighted by Gasteiger charge is -2.32. The Bertz CT molecular complexity index is 966. The Balaban J connectivity index is 1.77. The molecule has 1 saturated heterocycles. The lowest BCUT2D eigenvalue weighted by molar-refractivity contribution is 0.0709. The van der Waals surface area contributed by atoms with E-state index in [4.69, 9.17) is 0 Å². The summed E-state index contributed by atoms with van der Waals surface area (Å²) in [6.07, 6.45) is 1.87. The van der Waals surface area contributed by atoms with E-state index in [-0.39, 0.29) is 11.7 Å². The zero-order valence-corrected chi connectivity index (χ0v) is 15.3. The summed E-state index contributed by atoms with van der Waals surface area (Å²) in [7, 11) is 1.96. The van der Waals surface area contributed by atoms with Crippen LogP contribution in [0.1, 0.15) is 23.2 Å². The number of fused-ring (bicyclic) bond motifs is 1. The maximum absolute atomic E-state index is 13.8. The van der Waals surface area contributed by atoms with E-state index in [0.29, 0.717) is 28.2 Å². The molecule has 0 spiro atoms. The van der Waals surface area contributed by atoms with Crippen molar-refractivity contribution in [3.8, 4) is 11.3 Å². The van der Waals surface area contributed by atoms with E-state index in [1.165, 1.54) is 12.1 Å². The highest BCUT2D eigenvalue weighted by atomic mass is 19.1. The smallest absolute Gasteiger partial charge is 0.254 e. The van der Waals surface area contributed by atoms with Gasteiger partial charge in [0.15, 0.2) is 0 Å². The summed E-state index contributed by atoms with van der Waals surface area (Å²) in [6, 6.07) is 16.4. The number of piperidine rings is 1. The van der Waals surface area contributed by atoms with E-state index in [0.717, 1.165) is 31.5 Å². The number of hydrogen-bond donors (Lipinski definition) is 1. The van der Waals surface area contributed by atoms with Gasteiger partial charge in [0.25, 0.3) is 5.91 Å². The van der Waals surface area contributed by atoms with Crippen LogP contribution >= 0.6 is 0 Å². The molecule has 0 aliphatic carbocycles. The number of pyridine rings is 1. The number of nitrogens with zero attached hydrogens (tertiary/aromatic N) is 2. The third-order valence-electron chi connectivity index (χ3n) is 5.26. The maximum Gasteiger partial charge on any atom is 0.254 e. The van der Waals surface area contributed by atoms with Crippen molar-refractivity contribution in [2.45, 2.75) is 18.9 Å². The average Bonchev–Trinajstić information content (AvgIpc) is 2.73. The summed E-state index contributed by atoms with van der Waals surface area (Å²) in [6.45, 7) is 1.44. The fourth-order valence-corrected chi connectivity index (χ4v) is 3.68. The summed E-state index contributed by atoms with van der Waals surface area (Å²) in [5.74, 6) is -0.366. The Hall–Kier alpha value is -2.79. The molecule has 1 aliphatic heterocycles. The molecule has 1 amide bonds. The Labute approximate surface area is 158 Å². The molecule has 4 rings (SSSR count). The number of carbonyl (C=O) groups is 1. The van der Waals surface area contributed by atoms with Crippen LogP contribution in [-0.2, 0) is 0 Å². The highest BCUT2D eigenvalue weighted by Gasteiger charge is 2.24. The largest absolute Gasteiger partial charge is 0.339 e. The van der Waals surface area contributed by atoms with Gasteiger partial charge < -0.3 is 10.2 Å². The van der Waals surface area contributed by atoms with Gasteiger partial charge in [0.05, 0.1) is 16.8 Å². The topological polar surface area (TPSA) is 45.2 Å². The molecular weight excluding hydrogens is 341 g/mol. The minimum absolute atomic E-state index is 0.0132. The molecule has 0 unspecified atom stereocenters. The molecule has 2 heterocycles. The molecule has 138 valence electrons. The van der Waals surface area contributed by atoms with E-state index in [2.05, 4.69) is 10.3 Å². The minimum Gasteiger partial charge on any atom is -0.339 e. The quantitative estimate of drug-likeness (QED) is 0.768. The Morgan fingerprint density at radius 3 is 2.56 bits per heavy atom. The van der Waals surface area contributed by atoms with Gasteiger partial charge in [-0.05, 0) is 38.1 Å². The van der Waals surface area contributed by atoms with Gasteiger partial charge in [0.1, 0.15) is 5.82 Å².